The van der Waals surface area contributed by atoms with Crippen LogP contribution in [0.25, 0.3) is 0 Å². The Bertz CT molecular complexity index is 76.6. The first kappa shape index (κ1) is 8.96. The lowest BCUT2D eigenvalue weighted by molar-refractivity contribution is -0.0228. The maximum atomic E-state index is 5.29. The molecule has 1 atom stereocenters. The standard InChI is InChI=1S/C8H18O/c1-6-7(2)8(3,4)9-5/h7H,6H2,1-5H3/t7-/m0/s1. The quantitative estimate of drug-likeness (QED) is 0.570. The second-order valence-electron chi connectivity index (χ2n) is 3.12. The highest BCUT2D eigenvalue weighted by molar-refractivity contribution is 4.73. The van der Waals surface area contributed by atoms with E-state index >= 15 is 0 Å². The van der Waals surface area contributed by atoms with Crippen molar-refractivity contribution in [3.05, 3.63) is 0 Å². The fourth-order valence-corrected chi connectivity index (χ4v) is 0.693. The van der Waals surface area contributed by atoms with Crippen molar-refractivity contribution in [3.63, 3.8) is 0 Å². The number of ether oxygens (including phenoxy) is 1. The molecule has 0 amide bonds. The topological polar surface area (TPSA) is 9.23 Å². The van der Waals surface area contributed by atoms with Gasteiger partial charge in [-0.25, -0.2) is 0 Å². The van der Waals surface area contributed by atoms with Crippen LogP contribution in [-0.4, -0.2) is 12.7 Å². The summed E-state index contributed by atoms with van der Waals surface area (Å²) in [5.41, 5.74) is 0.0503. The fourth-order valence-electron chi connectivity index (χ4n) is 0.693. The third kappa shape index (κ3) is 2.35. The van der Waals surface area contributed by atoms with Gasteiger partial charge in [-0.05, 0) is 19.8 Å². The molecule has 0 unspecified atom stereocenters. The summed E-state index contributed by atoms with van der Waals surface area (Å²) in [7, 11) is 1.77. The predicted molar refractivity (Wildman–Crippen MR) is 40.5 cm³/mol. The molecule has 0 aromatic heterocycles. The molecule has 0 aliphatic carbocycles. The zero-order chi connectivity index (χ0) is 7.49. The van der Waals surface area contributed by atoms with Gasteiger partial charge < -0.3 is 4.74 Å². The minimum atomic E-state index is 0.0503. The number of hydrogen-bond donors (Lipinski definition) is 0. The average molecular weight is 130 g/mol. The van der Waals surface area contributed by atoms with E-state index in [0.29, 0.717) is 5.92 Å². The van der Waals surface area contributed by atoms with Gasteiger partial charge >= 0.3 is 0 Å². The van der Waals surface area contributed by atoms with Crippen LogP contribution >= 0.6 is 0 Å². The maximum Gasteiger partial charge on any atom is 0.0648 e. The van der Waals surface area contributed by atoms with Gasteiger partial charge in [0.15, 0.2) is 0 Å². The van der Waals surface area contributed by atoms with E-state index in [1.807, 2.05) is 0 Å². The Hall–Kier alpha value is -0.0400. The molecule has 1 heteroatoms. The van der Waals surface area contributed by atoms with Crippen molar-refractivity contribution >= 4 is 0 Å². The van der Waals surface area contributed by atoms with E-state index in [4.69, 9.17) is 4.74 Å². The van der Waals surface area contributed by atoms with Gasteiger partial charge in [-0.3, -0.25) is 0 Å². The molecule has 0 saturated carbocycles. The Balaban J connectivity index is 3.80. The Morgan fingerprint density at radius 2 is 1.89 bits per heavy atom. The van der Waals surface area contributed by atoms with Crippen molar-refractivity contribution in [1.82, 2.24) is 0 Å². The van der Waals surface area contributed by atoms with Crippen LogP contribution in [0.2, 0.25) is 0 Å². The first-order valence-corrected chi connectivity index (χ1v) is 3.59. The smallest absolute Gasteiger partial charge is 0.0648 e. The third-order valence-electron chi connectivity index (χ3n) is 2.33. The van der Waals surface area contributed by atoms with Crippen LogP contribution in [0.15, 0.2) is 0 Å². The Labute approximate surface area is 58.4 Å². The highest BCUT2D eigenvalue weighted by Gasteiger charge is 2.22. The van der Waals surface area contributed by atoms with Crippen LogP contribution in [0.4, 0.5) is 0 Å². The molecule has 1 nitrogen and oxygen atoms in total. The molecular formula is C8H18O. The molecule has 0 fully saturated rings. The summed E-state index contributed by atoms with van der Waals surface area (Å²) in [6.07, 6.45) is 1.18. The summed E-state index contributed by atoms with van der Waals surface area (Å²) < 4.78 is 5.29. The van der Waals surface area contributed by atoms with Crippen molar-refractivity contribution in [2.45, 2.75) is 39.7 Å². The Morgan fingerprint density at radius 3 is 2.00 bits per heavy atom. The van der Waals surface area contributed by atoms with Crippen LogP contribution in [0, 0.1) is 5.92 Å². The van der Waals surface area contributed by atoms with E-state index in [9.17, 15) is 0 Å². The van der Waals surface area contributed by atoms with Crippen LogP contribution in [0.1, 0.15) is 34.1 Å². The summed E-state index contributed by atoms with van der Waals surface area (Å²) in [5.74, 6) is 0.641. The molecule has 0 heterocycles. The second-order valence-corrected chi connectivity index (χ2v) is 3.12. The third-order valence-corrected chi connectivity index (χ3v) is 2.33. The minimum absolute atomic E-state index is 0.0503. The molecule has 0 N–H and O–H groups in total. The van der Waals surface area contributed by atoms with Gasteiger partial charge in [0.05, 0.1) is 5.60 Å². The van der Waals surface area contributed by atoms with Crippen LogP contribution < -0.4 is 0 Å². The fraction of sp³-hybridized carbons (Fsp3) is 1.00. The summed E-state index contributed by atoms with van der Waals surface area (Å²) in [5, 5.41) is 0. The largest absolute Gasteiger partial charge is 0.379 e. The summed E-state index contributed by atoms with van der Waals surface area (Å²) >= 11 is 0. The van der Waals surface area contributed by atoms with Gasteiger partial charge in [0.1, 0.15) is 0 Å². The number of hydrogen-bond acceptors (Lipinski definition) is 1. The van der Waals surface area contributed by atoms with Gasteiger partial charge in [0.25, 0.3) is 0 Å². The van der Waals surface area contributed by atoms with Crippen molar-refractivity contribution < 1.29 is 4.74 Å². The van der Waals surface area contributed by atoms with Gasteiger partial charge in [0.2, 0.25) is 0 Å². The molecule has 0 radical (unpaired) electrons. The SMILES string of the molecule is CC[C@H](C)C(C)(C)OC. The van der Waals surface area contributed by atoms with Gasteiger partial charge in [-0.1, -0.05) is 20.3 Å². The Morgan fingerprint density at radius 1 is 1.44 bits per heavy atom. The van der Waals surface area contributed by atoms with Crippen LogP contribution in [-0.2, 0) is 4.74 Å². The molecule has 0 aliphatic rings. The second kappa shape index (κ2) is 3.21. The van der Waals surface area contributed by atoms with Gasteiger partial charge in [0, 0.05) is 7.11 Å². The molecule has 0 aliphatic heterocycles. The molecule has 0 rings (SSSR count). The number of methoxy groups -OCH3 is 1. The highest BCUT2D eigenvalue weighted by atomic mass is 16.5. The molecular weight excluding hydrogens is 112 g/mol. The summed E-state index contributed by atoms with van der Waals surface area (Å²) in [4.78, 5) is 0. The van der Waals surface area contributed by atoms with Crippen molar-refractivity contribution in [1.29, 1.82) is 0 Å². The monoisotopic (exact) mass is 130 g/mol. The molecule has 56 valence electrons. The van der Waals surface area contributed by atoms with E-state index in [-0.39, 0.29) is 5.60 Å². The van der Waals surface area contributed by atoms with Crippen molar-refractivity contribution in [2.24, 2.45) is 5.92 Å². The van der Waals surface area contributed by atoms with E-state index in [1.54, 1.807) is 7.11 Å². The van der Waals surface area contributed by atoms with Crippen LogP contribution in [0.5, 0.6) is 0 Å². The summed E-state index contributed by atoms with van der Waals surface area (Å²) in [6.45, 7) is 8.65. The number of rotatable bonds is 3. The molecule has 9 heavy (non-hydrogen) atoms. The molecule has 0 spiro atoms. The lowest BCUT2D eigenvalue weighted by Gasteiger charge is -2.29. The molecule has 0 bridgehead atoms. The van der Waals surface area contributed by atoms with E-state index < -0.39 is 0 Å². The zero-order valence-corrected chi connectivity index (χ0v) is 7.19. The molecule has 0 aromatic carbocycles. The average Bonchev–Trinajstić information content (AvgIpc) is 1.86. The van der Waals surface area contributed by atoms with Crippen molar-refractivity contribution in [2.75, 3.05) is 7.11 Å². The predicted octanol–water partition coefficient (Wildman–Crippen LogP) is 2.46. The Kier molecular flexibility index (Phi) is 3.20. The first-order valence-electron chi connectivity index (χ1n) is 3.59. The van der Waals surface area contributed by atoms with Crippen molar-refractivity contribution in [3.8, 4) is 0 Å². The van der Waals surface area contributed by atoms with E-state index in [2.05, 4.69) is 27.7 Å². The molecule has 0 saturated heterocycles. The lowest BCUT2D eigenvalue weighted by atomic mass is 9.90. The maximum absolute atomic E-state index is 5.29. The molecule has 0 aromatic rings. The highest BCUT2D eigenvalue weighted by Crippen LogP contribution is 2.22. The lowest BCUT2D eigenvalue weighted by Crippen LogP contribution is -2.30. The zero-order valence-electron chi connectivity index (χ0n) is 7.19. The normalized spacial score (nSPS) is 15.7. The van der Waals surface area contributed by atoms with Crippen LogP contribution in [0.3, 0.4) is 0 Å². The first-order chi connectivity index (χ1) is 4.04. The van der Waals surface area contributed by atoms with E-state index in [1.165, 1.54) is 6.42 Å². The van der Waals surface area contributed by atoms with E-state index in [0.717, 1.165) is 0 Å². The minimum Gasteiger partial charge on any atom is -0.379 e. The van der Waals surface area contributed by atoms with Gasteiger partial charge in [-0.15, -0.1) is 0 Å². The van der Waals surface area contributed by atoms with Gasteiger partial charge in [-0.2, -0.15) is 0 Å². The summed E-state index contributed by atoms with van der Waals surface area (Å²) in [6, 6.07) is 0.